The van der Waals surface area contributed by atoms with E-state index in [0.717, 1.165) is 10.6 Å². The first-order valence-electron chi connectivity index (χ1n) is 6.12. The number of amides is 2. The molecule has 108 valence electrons. The molecule has 0 atom stereocenters. The third-order valence-corrected chi connectivity index (χ3v) is 3.63. The van der Waals surface area contributed by atoms with Gasteiger partial charge in [0.2, 0.25) is 11.8 Å². The van der Waals surface area contributed by atoms with Gasteiger partial charge in [-0.1, -0.05) is 0 Å². The monoisotopic (exact) mass is 296 g/mol. The van der Waals surface area contributed by atoms with E-state index < -0.39 is 0 Å². The molecule has 7 heteroatoms. The maximum absolute atomic E-state index is 11.6. The van der Waals surface area contributed by atoms with Crippen molar-refractivity contribution in [2.75, 3.05) is 43.3 Å². The van der Waals surface area contributed by atoms with Gasteiger partial charge in [0, 0.05) is 17.7 Å². The summed E-state index contributed by atoms with van der Waals surface area (Å²) in [6, 6.07) is 5.42. The smallest absolute Gasteiger partial charge is 0.250 e. The minimum absolute atomic E-state index is 0.0262. The van der Waals surface area contributed by atoms with E-state index in [9.17, 15) is 9.59 Å². The van der Waals surface area contributed by atoms with E-state index in [1.165, 1.54) is 11.8 Å². The number of fused-ring (bicyclic) bond motifs is 1. The molecule has 0 aromatic heterocycles. The van der Waals surface area contributed by atoms with Crippen LogP contribution in [0.3, 0.4) is 0 Å². The van der Waals surface area contributed by atoms with Crippen molar-refractivity contribution in [3.63, 3.8) is 0 Å². The molecule has 2 amide bonds. The number of anilines is 2. The fraction of sp³-hybridized carbons (Fsp3) is 0.385. The lowest BCUT2D eigenvalue weighted by Crippen LogP contribution is -2.21. The van der Waals surface area contributed by atoms with Gasteiger partial charge < -0.3 is 20.1 Å². The van der Waals surface area contributed by atoms with Gasteiger partial charge in [0.05, 0.1) is 24.7 Å². The quantitative estimate of drug-likeness (QED) is 0.775. The van der Waals surface area contributed by atoms with Gasteiger partial charge in [0.25, 0.3) is 0 Å². The van der Waals surface area contributed by atoms with Gasteiger partial charge in [-0.25, -0.2) is 0 Å². The Morgan fingerprint density at radius 3 is 3.10 bits per heavy atom. The molecule has 1 aromatic carbocycles. The summed E-state index contributed by atoms with van der Waals surface area (Å²) in [5.74, 6) is 0.149. The summed E-state index contributed by atoms with van der Waals surface area (Å²) in [5, 5.41) is 5.49. The Bertz CT molecular complexity index is 507. The van der Waals surface area contributed by atoms with Crippen LogP contribution in [-0.4, -0.2) is 44.5 Å². The summed E-state index contributed by atoms with van der Waals surface area (Å²) >= 11 is 1.48. The summed E-state index contributed by atoms with van der Waals surface area (Å²) in [5.41, 5.74) is 1.36. The molecule has 0 aliphatic carbocycles. The molecule has 0 spiro atoms. The number of hydrogen-bond donors (Lipinski definition) is 2. The molecule has 1 aliphatic rings. The predicted octanol–water partition coefficient (Wildman–Crippen LogP) is 1.33. The number of nitrogens with one attached hydrogen (secondary N) is 2. The second-order valence-electron chi connectivity index (χ2n) is 4.14. The molecule has 0 bridgehead atoms. The Balaban J connectivity index is 1.88. The average molecular weight is 296 g/mol. The highest BCUT2D eigenvalue weighted by atomic mass is 32.2. The summed E-state index contributed by atoms with van der Waals surface area (Å²) in [7, 11) is 1.57. The molecule has 0 saturated carbocycles. The Hall–Kier alpha value is -1.57. The highest BCUT2D eigenvalue weighted by molar-refractivity contribution is 8.00. The van der Waals surface area contributed by atoms with Crippen molar-refractivity contribution in [2.45, 2.75) is 4.90 Å². The van der Waals surface area contributed by atoms with E-state index in [4.69, 9.17) is 9.47 Å². The van der Waals surface area contributed by atoms with Crippen molar-refractivity contribution in [3.05, 3.63) is 18.2 Å². The van der Waals surface area contributed by atoms with Gasteiger partial charge in [0.1, 0.15) is 6.61 Å². The molecule has 0 saturated heterocycles. The van der Waals surface area contributed by atoms with Crippen LogP contribution in [0.1, 0.15) is 0 Å². The molecule has 6 nitrogen and oxygen atoms in total. The molecule has 0 fully saturated rings. The van der Waals surface area contributed by atoms with Crippen LogP contribution < -0.4 is 10.6 Å². The topological polar surface area (TPSA) is 76.7 Å². The Morgan fingerprint density at radius 1 is 1.45 bits per heavy atom. The normalized spacial score (nSPS) is 13.6. The number of ether oxygens (including phenoxy) is 2. The minimum atomic E-state index is -0.240. The average Bonchev–Trinajstić information content (AvgIpc) is 2.43. The lowest BCUT2D eigenvalue weighted by atomic mass is 10.2. The van der Waals surface area contributed by atoms with Gasteiger partial charge in [-0.2, -0.15) is 0 Å². The Kier molecular flexibility index (Phi) is 5.40. The first kappa shape index (κ1) is 14.8. The van der Waals surface area contributed by atoms with E-state index in [0.29, 0.717) is 24.7 Å². The molecule has 1 aliphatic heterocycles. The van der Waals surface area contributed by atoms with Crippen LogP contribution in [0.4, 0.5) is 11.4 Å². The van der Waals surface area contributed by atoms with Crippen LogP contribution in [0.2, 0.25) is 0 Å². The first-order chi connectivity index (χ1) is 9.69. The van der Waals surface area contributed by atoms with Crippen LogP contribution >= 0.6 is 11.8 Å². The first-order valence-corrected chi connectivity index (χ1v) is 7.11. The molecule has 20 heavy (non-hydrogen) atoms. The zero-order valence-electron chi connectivity index (χ0n) is 11.1. The van der Waals surface area contributed by atoms with Crippen LogP contribution in [0.15, 0.2) is 23.1 Å². The highest BCUT2D eigenvalue weighted by Crippen LogP contribution is 2.33. The SMILES string of the molecule is COCCOCC(=O)Nc1ccc2c(c1)NC(=O)CS2. The van der Waals surface area contributed by atoms with Gasteiger partial charge in [-0.05, 0) is 18.2 Å². The lowest BCUT2D eigenvalue weighted by Gasteiger charge is -2.17. The van der Waals surface area contributed by atoms with Gasteiger partial charge in [-0.3, -0.25) is 9.59 Å². The molecule has 2 N–H and O–H groups in total. The summed E-state index contributed by atoms with van der Waals surface area (Å²) in [4.78, 5) is 23.9. The second-order valence-corrected chi connectivity index (χ2v) is 5.16. The van der Waals surface area contributed by atoms with Crippen LogP contribution in [0, 0.1) is 0 Å². The van der Waals surface area contributed by atoms with Gasteiger partial charge >= 0.3 is 0 Å². The molecule has 0 unspecified atom stereocenters. The Morgan fingerprint density at radius 2 is 2.30 bits per heavy atom. The Labute approximate surface area is 121 Å². The van der Waals surface area contributed by atoms with E-state index in [-0.39, 0.29) is 18.4 Å². The summed E-state index contributed by atoms with van der Waals surface area (Å²) in [6.07, 6.45) is 0. The molecule has 1 aromatic rings. The largest absolute Gasteiger partial charge is 0.382 e. The zero-order chi connectivity index (χ0) is 14.4. The van der Waals surface area contributed by atoms with E-state index in [1.807, 2.05) is 6.07 Å². The second kappa shape index (κ2) is 7.28. The van der Waals surface area contributed by atoms with Crippen LogP contribution in [-0.2, 0) is 19.1 Å². The van der Waals surface area contributed by atoms with Crippen LogP contribution in [0.25, 0.3) is 0 Å². The van der Waals surface area contributed by atoms with Crippen molar-refractivity contribution >= 4 is 35.0 Å². The van der Waals surface area contributed by atoms with Crippen LogP contribution in [0.5, 0.6) is 0 Å². The number of carbonyl (C=O) groups is 2. The molecule has 2 rings (SSSR count). The maximum Gasteiger partial charge on any atom is 0.250 e. The van der Waals surface area contributed by atoms with Crippen molar-refractivity contribution in [3.8, 4) is 0 Å². The van der Waals surface area contributed by atoms with Gasteiger partial charge in [0.15, 0.2) is 0 Å². The number of rotatable bonds is 6. The fourth-order valence-electron chi connectivity index (χ4n) is 1.67. The van der Waals surface area contributed by atoms with Crippen molar-refractivity contribution in [1.29, 1.82) is 0 Å². The number of methoxy groups -OCH3 is 1. The van der Waals surface area contributed by atoms with Crippen molar-refractivity contribution < 1.29 is 19.1 Å². The minimum Gasteiger partial charge on any atom is -0.382 e. The molecular weight excluding hydrogens is 280 g/mol. The van der Waals surface area contributed by atoms with E-state index in [2.05, 4.69) is 10.6 Å². The van der Waals surface area contributed by atoms with Crippen molar-refractivity contribution in [2.24, 2.45) is 0 Å². The lowest BCUT2D eigenvalue weighted by molar-refractivity contribution is -0.121. The maximum atomic E-state index is 11.6. The van der Waals surface area contributed by atoms with Gasteiger partial charge in [-0.15, -0.1) is 11.8 Å². The van der Waals surface area contributed by atoms with E-state index >= 15 is 0 Å². The predicted molar refractivity (Wildman–Crippen MR) is 77.1 cm³/mol. The standard InChI is InChI=1S/C13H16N2O4S/c1-18-4-5-19-7-12(16)14-9-2-3-11-10(6-9)15-13(17)8-20-11/h2-3,6H,4-5,7-8H2,1H3,(H,14,16)(H,15,17). The molecule has 1 heterocycles. The number of hydrogen-bond acceptors (Lipinski definition) is 5. The molecular formula is C13H16N2O4S. The summed E-state index contributed by atoms with van der Waals surface area (Å²) < 4.78 is 9.94. The van der Waals surface area contributed by atoms with Crippen molar-refractivity contribution in [1.82, 2.24) is 0 Å². The third-order valence-electron chi connectivity index (χ3n) is 2.56. The zero-order valence-corrected chi connectivity index (χ0v) is 11.9. The van der Waals surface area contributed by atoms with E-state index in [1.54, 1.807) is 19.2 Å². The number of thioether (sulfide) groups is 1. The highest BCUT2D eigenvalue weighted by Gasteiger charge is 2.15. The fourth-order valence-corrected chi connectivity index (χ4v) is 2.45. The number of carbonyl (C=O) groups excluding carboxylic acids is 2. The third kappa shape index (κ3) is 4.22. The number of benzene rings is 1. The summed E-state index contributed by atoms with van der Waals surface area (Å²) in [6.45, 7) is 0.803. The molecule has 0 radical (unpaired) electrons.